The van der Waals surface area contributed by atoms with Crippen molar-refractivity contribution >= 4 is 6.08 Å². The van der Waals surface area contributed by atoms with E-state index in [-0.39, 0.29) is 0 Å². The van der Waals surface area contributed by atoms with Crippen LogP contribution in [0.25, 0.3) is 6.08 Å². The van der Waals surface area contributed by atoms with Crippen LogP contribution in [0.1, 0.15) is 63.6 Å². The number of aromatic amines is 1. The van der Waals surface area contributed by atoms with Gasteiger partial charge in [0.25, 0.3) is 0 Å². The third-order valence-electron chi connectivity index (χ3n) is 4.11. The van der Waals surface area contributed by atoms with Crippen LogP contribution in [0.3, 0.4) is 0 Å². The first kappa shape index (κ1) is 20.7. The van der Waals surface area contributed by atoms with Crippen LogP contribution >= 0.6 is 0 Å². The Kier molecular flexibility index (Phi) is 10.7. The number of H-pyrrole nitrogens is 1. The third kappa shape index (κ3) is 6.65. The molecule has 0 radical (unpaired) electrons. The molecule has 0 unspecified atom stereocenters. The molecule has 2 nitrogen and oxygen atoms in total. The lowest BCUT2D eigenvalue weighted by molar-refractivity contribution is 0.304. The smallest absolute Gasteiger partial charge is 0.0417 e. The van der Waals surface area contributed by atoms with Gasteiger partial charge in [-0.15, -0.1) is 0 Å². The molecule has 0 fully saturated rings. The van der Waals surface area contributed by atoms with Gasteiger partial charge in [-0.3, -0.25) is 0 Å². The molecule has 1 N–H and O–H groups in total. The van der Waals surface area contributed by atoms with Gasteiger partial charge in [0.15, 0.2) is 0 Å². The zero-order chi connectivity index (χ0) is 17.1. The van der Waals surface area contributed by atoms with Crippen molar-refractivity contribution in [1.82, 2.24) is 9.88 Å². The molecule has 0 saturated heterocycles. The van der Waals surface area contributed by atoms with Crippen LogP contribution in [0.4, 0.5) is 0 Å². The summed E-state index contributed by atoms with van der Waals surface area (Å²) in [6.45, 7) is 22.6. The Balaban J connectivity index is 0.000000472. The Hall–Kier alpha value is -1.28. The largest absolute Gasteiger partial charge is 0.359 e. The van der Waals surface area contributed by atoms with E-state index in [0.717, 1.165) is 6.42 Å². The lowest BCUT2D eigenvalue weighted by atomic mass is 10.1. The molecule has 126 valence electrons. The standard InChI is InChI=1S/C13H19N.C7H17N/c1-6-9(3)8-13-10(4)12(7-2)11(5)14-13;1-4-7-8(5-2)6-3/h6,8,14H,1,7H2,2-5H3;4-7H2,1-3H3/b9-8+;. The first-order valence-corrected chi connectivity index (χ1v) is 8.65. The van der Waals surface area contributed by atoms with Crippen molar-refractivity contribution in [3.8, 4) is 0 Å². The number of hydrogen-bond donors (Lipinski definition) is 1. The van der Waals surface area contributed by atoms with Gasteiger partial charge in [-0.1, -0.05) is 40.3 Å². The summed E-state index contributed by atoms with van der Waals surface area (Å²) in [5.41, 5.74) is 6.50. The van der Waals surface area contributed by atoms with E-state index in [1.54, 1.807) is 0 Å². The van der Waals surface area contributed by atoms with E-state index in [0.29, 0.717) is 0 Å². The Morgan fingerprint density at radius 1 is 1.14 bits per heavy atom. The highest BCUT2D eigenvalue weighted by atomic mass is 15.1. The van der Waals surface area contributed by atoms with E-state index in [1.807, 2.05) is 6.08 Å². The Labute approximate surface area is 138 Å². The summed E-state index contributed by atoms with van der Waals surface area (Å²) in [6.07, 6.45) is 6.40. The second-order valence-corrected chi connectivity index (χ2v) is 5.74. The van der Waals surface area contributed by atoms with Gasteiger partial charge in [0.05, 0.1) is 0 Å². The predicted molar refractivity (Wildman–Crippen MR) is 102 cm³/mol. The lowest BCUT2D eigenvalue weighted by Crippen LogP contribution is -2.23. The third-order valence-corrected chi connectivity index (χ3v) is 4.11. The molecule has 1 rings (SSSR count). The highest BCUT2D eigenvalue weighted by Crippen LogP contribution is 2.20. The molecule has 0 aliphatic rings. The number of nitrogens with one attached hydrogen (secondary N) is 1. The fraction of sp³-hybridized carbons (Fsp3) is 0.600. The summed E-state index contributed by atoms with van der Waals surface area (Å²) >= 11 is 0. The molecule has 0 amide bonds. The van der Waals surface area contributed by atoms with E-state index >= 15 is 0 Å². The first-order chi connectivity index (χ1) is 10.4. The minimum Gasteiger partial charge on any atom is -0.359 e. The maximum atomic E-state index is 3.75. The van der Waals surface area contributed by atoms with E-state index < -0.39 is 0 Å². The summed E-state index contributed by atoms with van der Waals surface area (Å²) in [6, 6.07) is 0. The van der Waals surface area contributed by atoms with Crippen LogP contribution in [-0.4, -0.2) is 29.5 Å². The molecular weight excluding hydrogens is 268 g/mol. The van der Waals surface area contributed by atoms with Crippen LogP contribution in [0.2, 0.25) is 0 Å². The Morgan fingerprint density at radius 3 is 2.05 bits per heavy atom. The van der Waals surface area contributed by atoms with Gasteiger partial charge < -0.3 is 9.88 Å². The normalized spacial score (nSPS) is 11.4. The van der Waals surface area contributed by atoms with Crippen molar-refractivity contribution in [2.45, 2.75) is 61.3 Å². The Morgan fingerprint density at radius 2 is 1.73 bits per heavy atom. The van der Waals surface area contributed by atoms with Gasteiger partial charge in [0.2, 0.25) is 0 Å². The molecule has 0 spiro atoms. The molecule has 0 atom stereocenters. The van der Waals surface area contributed by atoms with Crippen LogP contribution in [0.15, 0.2) is 18.2 Å². The molecule has 0 bridgehead atoms. The molecule has 0 saturated carbocycles. The lowest BCUT2D eigenvalue weighted by Gasteiger charge is -2.15. The van der Waals surface area contributed by atoms with Crippen LogP contribution < -0.4 is 0 Å². The number of aromatic nitrogens is 1. The van der Waals surface area contributed by atoms with Crippen LogP contribution in [0, 0.1) is 13.8 Å². The van der Waals surface area contributed by atoms with Crippen molar-refractivity contribution in [3.63, 3.8) is 0 Å². The quantitative estimate of drug-likeness (QED) is 0.657. The summed E-state index contributed by atoms with van der Waals surface area (Å²) in [5.74, 6) is 0. The Bertz CT molecular complexity index is 462. The van der Waals surface area contributed by atoms with Crippen molar-refractivity contribution in [1.29, 1.82) is 0 Å². The SMILES string of the molecule is C=C/C(C)=C/c1[nH]c(C)c(CC)c1C.CCCN(CC)CC. The molecule has 0 aliphatic heterocycles. The van der Waals surface area contributed by atoms with Crippen LogP contribution in [-0.2, 0) is 6.42 Å². The second-order valence-electron chi connectivity index (χ2n) is 5.74. The number of aryl methyl sites for hydroxylation is 1. The predicted octanol–water partition coefficient (Wildman–Crippen LogP) is 5.52. The monoisotopic (exact) mass is 304 g/mol. The zero-order valence-electron chi connectivity index (χ0n) is 15.8. The van der Waals surface area contributed by atoms with Crippen molar-refractivity contribution in [3.05, 3.63) is 40.7 Å². The molecule has 2 heteroatoms. The van der Waals surface area contributed by atoms with Gasteiger partial charge in [-0.05, 0) is 76.0 Å². The van der Waals surface area contributed by atoms with Gasteiger partial charge in [0, 0.05) is 11.4 Å². The minimum atomic E-state index is 1.09. The molecule has 1 aromatic rings. The van der Waals surface area contributed by atoms with Crippen molar-refractivity contribution in [2.75, 3.05) is 19.6 Å². The van der Waals surface area contributed by atoms with Crippen molar-refractivity contribution in [2.24, 2.45) is 0 Å². The second kappa shape index (κ2) is 11.3. The average molecular weight is 305 g/mol. The topological polar surface area (TPSA) is 19.0 Å². The van der Waals surface area contributed by atoms with Crippen molar-refractivity contribution < 1.29 is 0 Å². The molecule has 0 aliphatic carbocycles. The number of allylic oxidation sites excluding steroid dienone is 2. The summed E-state index contributed by atoms with van der Waals surface area (Å²) in [7, 11) is 0. The number of hydrogen-bond acceptors (Lipinski definition) is 1. The van der Waals surface area contributed by atoms with Gasteiger partial charge in [-0.25, -0.2) is 0 Å². The van der Waals surface area contributed by atoms with E-state index in [2.05, 4.69) is 71.0 Å². The summed E-state index contributed by atoms with van der Waals surface area (Å²) in [5, 5.41) is 0. The van der Waals surface area contributed by atoms with Crippen LogP contribution in [0.5, 0.6) is 0 Å². The minimum absolute atomic E-state index is 1.09. The summed E-state index contributed by atoms with van der Waals surface area (Å²) < 4.78 is 0. The van der Waals surface area contributed by atoms with Gasteiger partial charge in [0.1, 0.15) is 0 Å². The highest BCUT2D eigenvalue weighted by Gasteiger charge is 2.07. The number of nitrogens with zero attached hydrogens (tertiary/aromatic N) is 1. The van der Waals surface area contributed by atoms with E-state index in [9.17, 15) is 0 Å². The zero-order valence-corrected chi connectivity index (χ0v) is 15.8. The van der Waals surface area contributed by atoms with E-state index in [1.165, 1.54) is 54.1 Å². The number of rotatable bonds is 7. The first-order valence-electron chi connectivity index (χ1n) is 8.65. The fourth-order valence-electron chi connectivity index (χ4n) is 2.63. The average Bonchev–Trinajstić information content (AvgIpc) is 2.78. The van der Waals surface area contributed by atoms with E-state index in [4.69, 9.17) is 0 Å². The molecule has 1 heterocycles. The maximum Gasteiger partial charge on any atom is 0.0417 e. The maximum absolute atomic E-state index is 3.75. The van der Waals surface area contributed by atoms with Gasteiger partial charge in [-0.2, -0.15) is 0 Å². The molecule has 22 heavy (non-hydrogen) atoms. The summed E-state index contributed by atoms with van der Waals surface area (Å²) in [4.78, 5) is 5.84. The highest BCUT2D eigenvalue weighted by molar-refractivity contribution is 5.58. The molecular formula is C20H36N2. The fourth-order valence-corrected chi connectivity index (χ4v) is 2.63. The molecule has 0 aromatic carbocycles. The molecule has 1 aromatic heterocycles. The van der Waals surface area contributed by atoms with Gasteiger partial charge >= 0.3 is 0 Å².